The molecule has 0 aromatic heterocycles. The molecule has 20 heavy (non-hydrogen) atoms. The van der Waals surface area contributed by atoms with Gasteiger partial charge in [0.2, 0.25) is 0 Å². The first-order valence-corrected chi connectivity index (χ1v) is 7.58. The number of rotatable bonds is 7. The summed E-state index contributed by atoms with van der Waals surface area (Å²) < 4.78 is 27.0. The van der Waals surface area contributed by atoms with Crippen molar-refractivity contribution in [3.8, 4) is 0 Å². The zero-order valence-electron chi connectivity index (χ0n) is 12.2. The fourth-order valence-electron chi connectivity index (χ4n) is 2.75. The second-order valence-corrected chi connectivity index (χ2v) is 5.62. The van der Waals surface area contributed by atoms with E-state index in [0.717, 1.165) is 32.5 Å². The Kier molecular flexibility index (Phi) is 5.92. The lowest BCUT2D eigenvalue weighted by Crippen LogP contribution is -2.37. The zero-order chi connectivity index (χ0) is 14.4. The predicted octanol–water partition coefficient (Wildman–Crippen LogP) is 3.32. The molecule has 1 unspecified atom stereocenters. The van der Waals surface area contributed by atoms with Gasteiger partial charge in [-0.15, -0.1) is 0 Å². The van der Waals surface area contributed by atoms with Gasteiger partial charge in [-0.05, 0) is 50.6 Å². The van der Waals surface area contributed by atoms with Gasteiger partial charge in [-0.25, -0.2) is 8.78 Å². The van der Waals surface area contributed by atoms with Gasteiger partial charge >= 0.3 is 0 Å². The normalized spacial score (nSPS) is 18.9. The molecule has 1 aliphatic heterocycles. The molecule has 1 N–H and O–H groups in total. The van der Waals surface area contributed by atoms with Gasteiger partial charge in [0.25, 0.3) is 0 Å². The first kappa shape index (κ1) is 15.4. The summed E-state index contributed by atoms with van der Waals surface area (Å²) in [6.45, 7) is 5.55. The first-order chi connectivity index (χ1) is 9.69. The molecule has 0 amide bonds. The first-order valence-electron chi connectivity index (χ1n) is 7.58. The molecule has 0 spiro atoms. The van der Waals surface area contributed by atoms with Gasteiger partial charge in [0.1, 0.15) is 11.6 Å². The van der Waals surface area contributed by atoms with Crippen molar-refractivity contribution >= 4 is 0 Å². The molecule has 1 aliphatic rings. The van der Waals surface area contributed by atoms with Crippen LogP contribution in [0.4, 0.5) is 8.78 Å². The molecule has 0 bridgehead atoms. The summed E-state index contributed by atoms with van der Waals surface area (Å²) in [5, 5.41) is 3.47. The maximum atomic E-state index is 13.8. The topological polar surface area (TPSA) is 15.3 Å². The minimum Gasteiger partial charge on any atom is -0.313 e. The van der Waals surface area contributed by atoms with Crippen molar-refractivity contribution in [3.05, 3.63) is 35.4 Å². The Balaban J connectivity index is 1.99. The van der Waals surface area contributed by atoms with Crippen molar-refractivity contribution in [1.29, 1.82) is 0 Å². The lowest BCUT2D eigenvalue weighted by Gasteiger charge is -2.25. The number of hydrogen-bond acceptors (Lipinski definition) is 2. The lowest BCUT2D eigenvalue weighted by atomic mass is 10.1. The molecule has 1 saturated heterocycles. The van der Waals surface area contributed by atoms with E-state index in [0.29, 0.717) is 18.2 Å². The van der Waals surface area contributed by atoms with Crippen LogP contribution < -0.4 is 5.32 Å². The summed E-state index contributed by atoms with van der Waals surface area (Å²) >= 11 is 0. The maximum Gasteiger partial charge on any atom is 0.127 e. The van der Waals surface area contributed by atoms with E-state index in [2.05, 4.69) is 17.1 Å². The molecule has 0 saturated carbocycles. The Morgan fingerprint density at radius 2 is 2.20 bits per heavy atom. The SMILES string of the molecule is CCCCN(Cc1cc(F)ccc1F)CC1CCCN1. The quantitative estimate of drug-likeness (QED) is 0.825. The summed E-state index contributed by atoms with van der Waals surface area (Å²) in [4.78, 5) is 2.24. The van der Waals surface area contributed by atoms with Crippen LogP contribution >= 0.6 is 0 Å². The van der Waals surface area contributed by atoms with E-state index >= 15 is 0 Å². The Labute approximate surface area is 120 Å². The van der Waals surface area contributed by atoms with Crippen LogP contribution in [0.3, 0.4) is 0 Å². The molecule has 1 heterocycles. The van der Waals surface area contributed by atoms with E-state index in [-0.39, 0.29) is 11.6 Å². The third-order valence-electron chi connectivity index (χ3n) is 3.87. The van der Waals surface area contributed by atoms with Gasteiger partial charge in [0.05, 0.1) is 0 Å². The van der Waals surface area contributed by atoms with Crippen molar-refractivity contribution in [2.75, 3.05) is 19.6 Å². The third kappa shape index (κ3) is 4.53. The molecular weight excluding hydrogens is 258 g/mol. The standard InChI is InChI=1S/C16H24F2N2/c1-2-3-9-20(12-15-5-4-8-19-15)11-13-10-14(17)6-7-16(13)18/h6-7,10,15,19H,2-5,8-9,11-12H2,1H3. The van der Waals surface area contributed by atoms with Gasteiger partial charge in [0, 0.05) is 24.7 Å². The number of nitrogens with zero attached hydrogens (tertiary/aromatic N) is 1. The largest absolute Gasteiger partial charge is 0.313 e. The second kappa shape index (κ2) is 7.70. The van der Waals surface area contributed by atoms with E-state index in [1.165, 1.54) is 31.0 Å². The van der Waals surface area contributed by atoms with Gasteiger partial charge in [-0.1, -0.05) is 13.3 Å². The highest BCUT2D eigenvalue weighted by Crippen LogP contribution is 2.15. The average Bonchev–Trinajstić information content (AvgIpc) is 2.93. The van der Waals surface area contributed by atoms with Crippen LogP contribution in [0, 0.1) is 11.6 Å². The predicted molar refractivity (Wildman–Crippen MR) is 77.6 cm³/mol. The van der Waals surface area contributed by atoms with Gasteiger partial charge in [0.15, 0.2) is 0 Å². The number of hydrogen-bond donors (Lipinski definition) is 1. The van der Waals surface area contributed by atoms with Crippen LogP contribution in [0.5, 0.6) is 0 Å². The Morgan fingerprint density at radius 1 is 1.35 bits per heavy atom. The zero-order valence-corrected chi connectivity index (χ0v) is 12.2. The van der Waals surface area contributed by atoms with Gasteiger partial charge in [-0.2, -0.15) is 0 Å². The van der Waals surface area contributed by atoms with Crippen LogP contribution in [-0.2, 0) is 6.54 Å². The van der Waals surface area contributed by atoms with Crippen molar-refractivity contribution in [2.45, 2.75) is 45.2 Å². The molecule has 0 aliphatic carbocycles. The molecule has 1 aromatic carbocycles. The smallest absolute Gasteiger partial charge is 0.127 e. The fourth-order valence-corrected chi connectivity index (χ4v) is 2.75. The second-order valence-electron chi connectivity index (χ2n) is 5.62. The van der Waals surface area contributed by atoms with Crippen LogP contribution in [-0.4, -0.2) is 30.6 Å². The molecule has 2 nitrogen and oxygen atoms in total. The third-order valence-corrected chi connectivity index (χ3v) is 3.87. The van der Waals surface area contributed by atoms with E-state index < -0.39 is 0 Å². The maximum absolute atomic E-state index is 13.8. The minimum absolute atomic E-state index is 0.313. The Hall–Kier alpha value is -1.00. The number of nitrogens with one attached hydrogen (secondary N) is 1. The fraction of sp³-hybridized carbons (Fsp3) is 0.625. The summed E-state index contributed by atoms with van der Waals surface area (Å²) in [5.41, 5.74) is 0.458. The van der Waals surface area contributed by atoms with Crippen molar-refractivity contribution in [2.24, 2.45) is 0 Å². The summed E-state index contributed by atoms with van der Waals surface area (Å²) in [7, 11) is 0. The van der Waals surface area contributed by atoms with Crippen molar-refractivity contribution in [1.82, 2.24) is 10.2 Å². The minimum atomic E-state index is -0.365. The Morgan fingerprint density at radius 3 is 2.90 bits per heavy atom. The van der Waals surface area contributed by atoms with Crippen LogP contribution in [0.15, 0.2) is 18.2 Å². The van der Waals surface area contributed by atoms with E-state index in [4.69, 9.17) is 0 Å². The molecule has 4 heteroatoms. The molecular formula is C16H24F2N2. The average molecular weight is 282 g/mol. The molecule has 1 aromatic rings. The van der Waals surface area contributed by atoms with Crippen LogP contribution in [0.1, 0.15) is 38.2 Å². The van der Waals surface area contributed by atoms with Gasteiger partial charge in [-0.3, -0.25) is 4.90 Å². The molecule has 2 rings (SSSR count). The van der Waals surface area contributed by atoms with E-state index in [1.807, 2.05) is 0 Å². The number of benzene rings is 1. The van der Waals surface area contributed by atoms with Crippen molar-refractivity contribution < 1.29 is 8.78 Å². The molecule has 1 atom stereocenters. The highest BCUT2D eigenvalue weighted by Gasteiger charge is 2.18. The van der Waals surface area contributed by atoms with E-state index in [9.17, 15) is 8.78 Å². The number of halogens is 2. The molecule has 1 fully saturated rings. The monoisotopic (exact) mass is 282 g/mol. The summed E-state index contributed by atoms with van der Waals surface area (Å²) in [5.74, 6) is -0.678. The number of unbranched alkanes of at least 4 members (excludes halogenated alkanes) is 1. The van der Waals surface area contributed by atoms with Crippen molar-refractivity contribution in [3.63, 3.8) is 0 Å². The van der Waals surface area contributed by atoms with E-state index in [1.54, 1.807) is 0 Å². The van der Waals surface area contributed by atoms with Crippen LogP contribution in [0.2, 0.25) is 0 Å². The lowest BCUT2D eigenvalue weighted by molar-refractivity contribution is 0.234. The summed E-state index contributed by atoms with van der Waals surface area (Å²) in [6.07, 6.45) is 4.58. The Bertz CT molecular complexity index is 417. The highest BCUT2D eigenvalue weighted by atomic mass is 19.1. The van der Waals surface area contributed by atoms with Gasteiger partial charge < -0.3 is 5.32 Å². The van der Waals surface area contributed by atoms with Crippen LogP contribution in [0.25, 0.3) is 0 Å². The molecule has 0 radical (unpaired) electrons. The molecule has 112 valence electrons. The summed E-state index contributed by atoms with van der Waals surface area (Å²) in [6, 6.07) is 4.20. The highest BCUT2D eigenvalue weighted by molar-refractivity contribution is 5.18.